The molecule has 37 heavy (non-hydrogen) atoms. The number of benzene rings is 2. The lowest BCUT2D eigenvalue weighted by Crippen LogP contribution is -2.40. The lowest BCUT2D eigenvalue weighted by molar-refractivity contribution is 0.0202. The van der Waals surface area contributed by atoms with Crippen LogP contribution in [0.15, 0.2) is 72.9 Å². The number of fused-ring (bicyclic) bond motifs is 1. The Bertz CT molecular complexity index is 1230. The number of aromatic nitrogens is 2. The van der Waals surface area contributed by atoms with Gasteiger partial charge in [-0.1, -0.05) is 63.9 Å². The molecular weight excluding hydrogens is 458 g/mol. The first-order valence-corrected chi connectivity index (χ1v) is 13.8. The van der Waals surface area contributed by atoms with E-state index in [0.717, 1.165) is 59.2 Å². The Morgan fingerprint density at radius 3 is 2.22 bits per heavy atom. The third-order valence-electron chi connectivity index (χ3n) is 6.84. The molecule has 0 N–H and O–H groups in total. The number of pyridine rings is 1. The number of hydrogen-bond acceptors (Lipinski definition) is 4. The van der Waals surface area contributed by atoms with Gasteiger partial charge >= 0.3 is 0 Å². The molecule has 4 aromatic rings. The van der Waals surface area contributed by atoms with Crippen LogP contribution in [0.5, 0.6) is 11.5 Å². The van der Waals surface area contributed by atoms with Gasteiger partial charge in [-0.2, -0.15) is 0 Å². The van der Waals surface area contributed by atoms with Crippen LogP contribution in [-0.2, 0) is 6.61 Å². The topological polar surface area (TPSA) is 39.0 Å². The van der Waals surface area contributed by atoms with Crippen molar-refractivity contribution in [2.24, 2.45) is 0 Å². The fourth-order valence-corrected chi connectivity index (χ4v) is 4.67. The monoisotopic (exact) mass is 499 g/mol. The average molecular weight is 500 g/mol. The Kier molecular flexibility index (Phi) is 9.61. The largest absolute Gasteiger partial charge is 0.485 e. The number of hydrogen-bond donors (Lipinski definition) is 0. The first-order valence-electron chi connectivity index (χ1n) is 13.8. The molecule has 0 saturated heterocycles. The summed E-state index contributed by atoms with van der Waals surface area (Å²) in [5, 5.41) is 0. The number of aryl methyl sites for hydroxylation is 1. The van der Waals surface area contributed by atoms with Gasteiger partial charge in [-0.15, -0.1) is 0 Å². The van der Waals surface area contributed by atoms with Crippen LogP contribution in [0.1, 0.15) is 64.1 Å². The van der Waals surface area contributed by atoms with E-state index in [1.165, 1.54) is 25.7 Å². The summed E-state index contributed by atoms with van der Waals surface area (Å²) in [7, 11) is 0. The fraction of sp³-hybridized carbons (Fsp3) is 0.406. The third kappa shape index (κ3) is 6.72. The van der Waals surface area contributed by atoms with Gasteiger partial charge in [0.05, 0.1) is 5.69 Å². The third-order valence-corrected chi connectivity index (χ3v) is 6.84. The summed E-state index contributed by atoms with van der Waals surface area (Å²) in [5.41, 5.74) is 5.09. The molecule has 2 aromatic carbocycles. The quantitative estimate of drug-likeness (QED) is 0.165. The second kappa shape index (κ2) is 13.3. The first-order chi connectivity index (χ1) is 18.1. The van der Waals surface area contributed by atoms with E-state index in [4.69, 9.17) is 14.5 Å². The molecule has 0 aliphatic heterocycles. The van der Waals surface area contributed by atoms with Gasteiger partial charge in [0.25, 0.3) is 0 Å². The van der Waals surface area contributed by atoms with E-state index in [1.54, 1.807) is 0 Å². The summed E-state index contributed by atoms with van der Waals surface area (Å²) in [6.07, 6.45) is 7.91. The van der Waals surface area contributed by atoms with Crippen LogP contribution in [-0.4, -0.2) is 33.6 Å². The van der Waals surface area contributed by atoms with Gasteiger partial charge in [-0.05, 0) is 68.1 Å². The molecule has 1 atom stereocenters. The molecule has 0 aliphatic rings. The molecule has 1 unspecified atom stereocenters. The number of unbranched alkanes of at least 4 members (excludes halogenated alkanes) is 2. The second-order valence-electron chi connectivity index (χ2n) is 9.63. The highest BCUT2D eigenvalue weighted by atomic mass is 16.5. The van der Waals surface area contributed by atoms with Crippen molar-refractivity contribution >= 4 is 5.65 Å². The molecule has 0 amide bonds. The standard InChI is InChI=1S/C32H41N3O2/c1-5-8-21-34(22-9-6-2)30(7-3)37-28-19-17-27(18-20-28)31-25(4)35-23-13-16-29(32(35)33-31)36-24-26-14-11-10-12-15-26/h10-20,23,30H,5-9,21-22,24H2,1-4H3. The zero-order chi connectivity index (χ0) is 26.0. The van der Waals surface area contributed by atoms with Crippen molar-refractivity contribution in [3.63, 3.8) is 0 Å². The van der Waals surface area contributed by atoms with Crippen molar-refractivity contribution in [1.29, 1.82) is 0 Å². The van der Waals surface area contributed by atoms with E-state index in [9.17, 15) is 0 Å². The Balaban J connectivity index is 1.51. The molecule has 2 heterocycles. The van der Waals surface area contributed by atoms with Gasteiger partial charge in [-0.3, -0.25) is 4.90 Å². The summed E-state index contributed by atoms with van der Waals surface area (Å²) in [6, 6.07) is 22.6. The maximum atomic E-state index is 6.47. The molecule has 0 fully saturated rings. The lowest BCUT2D eigenvalue weighted by Gasteiger charge is -2.31. The van der Waals surface area contributed by atoms with E-state index in [1.807, 2.05) is 36.5 Å². The van der Waals surface area contributed by atoms with Crippen molar-refractivity contribution in [2.45, 2.75) is 72.6 Å². The van der Waals surface area contributed by atoms with Crippen LogP contribution in [0.3, 0.4) is 0 Å². The van der Waals surface area contributed by atoms with Crippen LogP contribution >= 0.6 is 0 Å². The van der Waals surface area contributed by atoms with Crippen LogP contribution in [0.25, 0.3) is 16.9 Å². The predicted molar refractivity (Wildman–Crippen MR) is 152 cm³/mol. The van der Waals surface area contributed by atoms with E-state index in [-0.39, 0.29) is 6.23 Å². The van der Waals surface area contributed by atoms with E-state index >= 15 is 0 Å². The number of ether oxygens (including phenoxy) is 2. The Labute approximate surface area is 222 Å². The summed E-state index contributed by atoms with van der Waals surface area (Å²) >= 11 is 0. The summed E-state index contributed by atoms with van der Waals surface area (Å²) in [5.74, 6) is 1.69. The van der Waals surface area contributed by atoms with Gasteiger partial charge < -0.3 is 13.9 Å². The highest BCUT2D eigenvalue weighted by molar-refractivity contribution is 5.69. The van der Waals surface area contributed by atoms with Gasteiger partial charge in [0.2, 0.25) is 0 Å². The molecule has 0 bridgehead atoms. The van der Waals surface area contributed by atoms with Gasteiger partial charge in [0.15, 0.2) is 17.6 Å². The zero-order valence-corrected chi connectivity index (χ0v) is 22.8. The molecule has 5 nitrogen and oxygen atoms in total. The minimum absolute atomic E-state index is 0.102. The lowest BCUT2D eigenvalue weighted by atomic mass is 10.1. The molecule has 4 rings (SSSR count). The van der Waals surface area contributed by atoms with E-state index < -0.39 is 0 Å². The fourth-order valence-electron chi connectivity index (χ4n) is 4.67. The Hall–Kier alpha value is -3.31. The van der Waals surface area contributed by atoms with Gasteiger partial charge in [-0.25, -0.2) is 4.98 Å². The smallest absolute Gasteiger partial charge is 0.180 e. The minimum atomic E-state index is 0.102. The van der Waals surface area contributed by atoms with Crippen molar-refractivity contribution < 1.29 is 9.47 Å². The molecule has 0 saturated carbocycles. The van der Waals surface area contributed by atoms with Gasteiger partial charge in [0, 0.05) is 30.5 Å². The normalized spacial score (nSPS) is 12.2. The summed E-state index contributed by atoms with van der Waals surface area (Å²) in [4.78, 5) is 7.49. The second-order valence-corrected chi connectivity index (χ2v) is 9.63. The van der Waals surface area contributed by atoms with Crippen LogP contribution in [0, 0.1) is 6.92 Å². The number of rotatable bonds is 14. The highest BCUT2D eigenvalue weighted by Gasteiger charge is 2.18. The van der Waals surface area contributed by atoms with Crippen LogP contribution in [0.2, 0.25) is 0 Å². The van der Waals surface area contributed by atoms with E-state index in [2.05, 4.69) is 73.4 Å². The number of imidazole rings is 1. The molecule has 5 heteroatoms. The number of nitrogens with zero attached hydrogens (tertiary/aromatic N) is 3. The molecule has 0 radical (unpaired) electrons. The molecule has 2 aromatic heterocycles. The maximum Gasteiger partial charge on any atom is 0.180 e. The summed E-state index contributed by atoms with van der Waals surface area (Å²) in [6.45, 7) is 11.5. The van der Waals surface area contributed by atoms with E-state index in [0.29, 0.717) is 6.61 Å². The van der Waals surface area contributed by atoms with Crippen molar-refractivity contribution in [2.75, 3.05) is 13.1 Å². The molecule has 0 spiro atoms. The molecule has 0 aliphatic carbocycles. The van der Waals surface area contributed by atoms with Crippen molar-refractivity contribution in [3.8, 4) is 22.8 Å². The first kappa shape index (κ1) is 26.7. The zero-order valence-electron chi connectivity index (χ0n) is 22.8. The van der Waals surface area contributed by atoms with Crippen LogP contribution < -0.4 is 9.47 Å². The van der Waals surface area contributed by atoms with Gasteiger partial charge in [0.1, 0.15) is 12.4 Å². The maximum absolute atomic E-state index is 6.47. The predicted octanol–water partition coefficient (Wildman–Crippen LogP) is 7.91. The minimum Gasteiger partial charge on any atom is -0.485 e. The van der Waals surface area contributed by atoms with Crippen molar-refractivity contribution in [1.82, 2.24) is 14.3 Å². The van der Waals surface area contributed by atoms with Crippen LogP contribution in [0.4, 0.5) is 0 Å². The molecule has 196 valence electrons. The average Bonchev–Trinajstić information content (AvgIpc) is 3.28. The Morgan fingerprint density at radius 2 is 1.57 bits per heavy atom. The molecular formula is C32H41N3O2. The SMILES string of the molecule is CCCCN(CCCC)C(CC)Oc1ccc(-c2nc3c(OCc4ccccc4)cccn3c2C)cc1. The van der Waals surface area contributed by atoms with Crippen molar-refractivity contribution in [3.05, 3.63) is 84.2 Å². The summed E-state index contributed by atoms with van der Waals surface area (Å²) < 4.78 is 14.7. The Morgan fingerprint density at radius 1 is 0.865 bits per heavy atom. The highest BCUT2D eigenvalue weighted by Crippen LogP contribution is 2.30.